The number of hydrogen-bond acceptors (Lipinski definition) is 6. The number of nitrogen functional groups attached to an aromatic ring is 1. The lowest BCUT2D eigenvalue weighted by molar-refractivity contribution is -0.0397. The van der Waals surface area contributed by atoms with Gasteiger partial charge in [-0.3, -0.25) is 0 Å². The molecule has 3 N–H and O–H groups in total. The van der Waals surface area contributed by atoms with Gasteiger partial charge >= 0.3 is 0 Å². The van der Waals surface area contributed by atoms with Crippen LogP contribution in [0, 0.1) is 3.57 Å². The van der Waals surface area contributed by atoms with Gasteiger partial charge in [0.2, 0.25) is 0 Å². The number of anilines is 1. The van der Waals surface area contributed by atoms with E-state index in [-0.39, 0.29) is 11.3 Å². The highest BCUT2D eigenvalue weighted by molar-refractivity contribution is 14.1. The zero-order chi connectivity index (χ0) is 25.1. The molecule has 2 aliphatic heterocycles. The molecule has 1 fully saturated rings. The molecule has 2 aromatic carbocycles. The van der Waals surface area contributed by atoms with Gasteiger partial charge < -0.3 is 24.6 Å². The van der Waals surface area contributed by atoms with Gasteiger partial charge in [0.15, 0.2) is 0 Å². The molecular formula is C27H29IN4O3Si. The molecule has 4 atom stereocenters. The normalized spacial score (nSPS) is 26.9. The summed E-state index contributed by atoms with van der Waals surface area (Å²) in [5.74, 6) is 0.444. The number of aromatic nitrogens is 3. The number of fused-ring (bicyclic) bond motifs is 2. The number of nitrogens with two attached hydrogens (primary N) is 1. The molecule has 0 aliphatic carbocycles. The molecule has 2 aromatic heterocycles. The first kappa shape index (κ1) is 24.0. The van der Waals surface area contributed by atoms with Crippen molar-refractivity contribution in [2.75, 3.05) is 12.3 Å². The highest BCUT2D eigenvalue weighted by Crippen LogP contribution is 2.46. The average molecular weight is 613 g/mol. The summed E-state index contributed by atoms with van der Waals surface area (Å²) in [5.41, 5.74) is 8.17. The number of hydrogen-bond donors (Lipinski definition) is 2. The molecule has 6 rings (SSSR count). The monoisotopic (exact) mass is 612 g/mol. The minimum absolute atomic E-state index is 0.0534. The van der Waals surface area contributed by atoms with E-state index in [2.05, 4.69) is 94.9 Å². The Hall–Kier alpha value is -2.31. The van der Waals surface area contributed by atoms with Gasteiger partial charge in [0.05, 0.1) is 18.1 Å². The summed E-state index contributed by atoms with van der Waals surface area (Å²) >= 11 is 2.24. The third-order valence-corrected chi connectivity index (χ3v) is 13.6. The highest BCUT2D eigenvalue weighted by atomic mass is 127. The van der Waals surface area contributed by atoms with Crippen LogP contribution in [-0.2, 0) is 15.6 Å². The molecule has 0 saturated carbocycles. The van der Waals surface area contributed by atoms with Crippen molar-refractivity contribution in [2.45, 2.75) is 50.2 Å². The fourth-order valence-electron chi connectivity index (χ4n) is 6.08. The fraction of sp³-hybridized carbons (Fsp3) is 0.333. The van der Waals surface area contributed by atoms with Gasteiger partial charge in [-0.15, -0.1) is 0 Å². The lowest BCUT2D eigenvalue weighted by atomic mass is 10.0. The smallest absolute Gasteiger partial charge is 0.262 e. The number of nitrogens with zero attached hydrogens (tertiary/aromatic N) is 3. The number of aliphatic hydroxyl groups excluding tert-OH is 1. The summed E-state index contributed by atoms with van der Waals surface area (Å²) in [7, 11) is -2.64. The molecule has 4 unspecified atom stereocenters. The molecule has 186 valence electrons. The van der Waals surface area contributed by atoms with Crippen LogP contribution in [0.5, 0.6) is 0 Å². The number of aliphatic hydroxyl groups is 1. The van der Waals surface area contributed by atoms with Gasteiger partial charge in [-0.1, -0.05) is 68.4 Å². The third-order valence-electron chi connectivity index (χ3n) is 7.73. The van der Waals surface area contributed by atoms with Crippen LogP contribution >= 0.6 is 22.6 Å². The molecular weight excluding hydrogens is 583 g/mol. The Kier molecular flexibility index (Phi) is 5.95. The van der Waals surface area contributed by atoms with Crippen molar-refractivity contribution >= 4 is 58.1 Å². The summed E-state index contributed by atoms with van der Waals surface area (Å²) < 4.78 is 16.4. The van der Waals surface area contributed by atoms with E-state index in [0.717, 1.165) is 15.4 Å². The summed E-state index contributed by atoms with van der Waals surface area (Å²) in [4.78, 5) is 8.57. The lowest BCUT2D eigenvalue weighted by Crippen LogP contribution is -2.65. The standard InChI is InChI=1S/C27H29IN4O3Si/c1-27(2)13-17-8-6-7-11-22(17)36(27,18-9-4-3-5-10-18)34-15-21-20(33)12-23(35-21)32-14-19(28)24-25(29)30-16-31-26(24)32/h3-11,14,16,20-21,23,33H,12-13,15H2,1-2H3,(H2,29,30,31). The fourth-order valence-corrected chi connectivity index (χ4v) is 11.9. The predicted octanol–water partition coefficient (Wildman–Crippen LogP) is 3.38. The van der Waals surface area contributed by atoms with Crippen LogP contribution in [0.4, 0.5) is 5.82 Å². The van der Waals surface area contributed by atoms with E-state index in [1.807, 2.05) is 16.8 Å². The van der Waals surface area contributed by atoms with Gasteiger partial charge in [-0.05, 0) is 50.0 Å². The van der Waals surface area contributed by atoms with Crippen LogP contribution in [-0.4, -0.2) is 46.8 Å². The molecule has 1 saturated heterocycles. The van der Waals surface area contributed by atoms with Gasteiger partial charge in [0.25, 0.3) is 8.32 Å². The zero-order valence-corrected chi connectivity index (χ0v) is 23.4. The first-order chi connectivity index (χ1) is 17.3. The van der Waals surface area contributed by atoms with Crippen molar-refractivity contribution in [1.82, 2.24) is 14.5 Å². The summed E-state index contributed by atoms with van der Waals surface area (Å²) in [5, 5.41) is 14.4. The molecule has 0 radical (unpaired) electrons. The average Bonchev–Trinajstić information content (AvgIpc) is 3.47. The maximum absolute atomic E-state index is 11.0. The minimum Gasteiger partial charge on any atom is -0.405 e. The Morgan fingerprint density at radius 2 is 1.92 bits per heavy atom. The second-order valence-corrected chi connectivity index (χ2v) is 15.6. The Morgan fingerprint density at radius 3 is 2.72 bits per heavy atom. The van der Waals surface area contributed by atoms with Crippen molar-refractivity contribution in [3.05, 3.63) is 76.3 Å². The van der Waals surface area contributed by atoms with Gasteiger partial charge in [-0.2, -0.15) is 0 Å². The van der Waals surface area contributed by atoms with E-state index < -0.39 is 20.5 Å². The predicted molar refractivity (Wildman–Crippen MR) is 151 cm³/mol. The van der Waals surface area contributed by atoms with E-state index in [9.17, 15) is 5.11 Å². The molecule has 36 heavy (non-hydrogen) atoms. The van der Waals surface area contributed by atoms with Crippen molar-refractivity contribution < 1.29 is 14.3 Å². The quantitative estimate of drug-likeness (QED) is 0.265. The van der Waals surface area contributed by atoms with Gasteiger partial charge in [-0.25, -0.2) is 9.97 Å². The van der Waals surface area contributed by atoms with Crippen molar-refractivity contribution in [2.24, 2.45) is 0 Å². The minimum atomic E-state index is -2.64. The SMILES string of the molecule is CC1(C)Cc2ccccc2[Si]1(OCC1OC(n2cc(I)c3c(N)ncnc32)CC1O)c1ccccc1. The van der Waals surface area contributed by atoms with Crippen LogP contribution in [0.1, 0.15) is 32.1 Å². The highest BCUT2D eigenvalue weighted by Gasteiger charge is 2.58. The third kappa shape index (κ3) is 3.63. The first-order valence-electron chi connectivity index (χ1n) is 12.2. The van der Waals surface area contributed by atoms with Crippen LogP contribution in [0.15, 0.2) is 67.1 Å². The van der Waals surface area contributed by atoms with Crippen molar-refractivity contribution in [3.8, 4) is 0 Å². The molecule has 7 nitrogen and oxygen atoms in total. The lowest BCUT2D eigenvalue weighted by Gasteiger charge is -2.40. The van der Waals surface area contributed by atoms with Crippen LogP contribution in [0.25, 0.3) is 11.0 Å². The van der Waals surface area contributed by atoms with Crippen LogP contribution in [0.2, 0.25) is 5.04 Å². The zero-order valence-electron chi connectivity index (χ0n) is 20.3. The largest absolute Gasteiger partial charge is 0.405 e. The number of halogens is 1. The molecule has 9 heteroatoms. The van der Waals surface area contributed by atoms with Gasteiger partial charge in [0, 0.05) is 16.2 Å². The maximum Gasteiger partial charge on any atom is 0.262 e. The van der Waals surface area contributed by atoms with Crippen molar-refractivity contribution in [1.29, 1.82) is 0 Å². The number of benzene rings is 2. The number of ether oxygens (including phenoxy) is 1. The summed E-state index contributed by atoms with van der Waals surface area (Å²) in [6.07, 6.45) is 3.41. The van der Waals surface area contributed by atoms with E-state index in [4.69, 9.17) is 14.9 Å². The van der Waals surface area contributed by atoms with Crippen molar-refractivity contribution in [3.63, 3.8) is 0 Å². The Labute approximate surface area is 224 Å². The Balaban J connectivity index is 1.32. The van der Waals surface area contributed by atoms with E-state index in [1.54, 1.807) is 0 Å². The first-order valence-corrected chi connectivity index (χ1v) is 15.2. The Morgan fingerprint density at radius 1 is 1.17 bits per heavy atom. The van der Waals surface area contributed by atoms with E-state index in [0.29, 0.717) is 24.5 Å². The molecule has 0 bridgehead atoms. The molecule has 0 spiro atoms. The van der Waals surface area contributed by atoms with E-state index in [1.165, 1.54) is 22.3 Å². The number of rotatable bonds is 5. The van der Waals surface area contributed by atoms with Gasteiger partial charge in [0.1, 0.15) is 30.1 Å². The molecule has 4 heterocycles. The molecule has 0 amide bonds. The molecule has 4 aromatic rings. The van der Waals surface area contributed by atoms with Crippen LogP contribution < -0.4 is 16.1 Å². The molecule has 2 aliphatic rings. The second-order valence-electron chi connectivity index (χ2n) is 10.4. The van der Waals surface area contributed by atoms with E-state index >= 15 is 0 Å². The Bertz CT molecular complexity index is 1430. The maximum atomic E-state index is 11.0. The van der Waals surface area contributed by atoms with Crippen LogP contribution in [0.3, 0.4) is 0 Å². The second kappa shape index (κ2) is 8.91. The summed E-state index contributed by atoms with van der Waals surface area (Å²) in [6, 6.07) is 19.3. The topological polar surface area (TPSA) is 95.4 Å². The summed E-state index contributed by atoms with van der Waals surface area (Å²) in [6.45, 7) is 4.96.